The van der Waals surface area contributed by atoms with Crippen molar-refractivity contribution in [2.75, 3.05) is 0 Å². The van der Waals surface area contributed by atoms with Gasteiger partial charge in [-0.15, -0.1) is 0 Å². The number of hydrogen-bond donors (Lipinski definition) is 5. The highest BCUT2D eigenvalue weighted by Gasteiger charge is 2.49. The third-order valence-electron chi connectivity index (χ3n) is 3.21. The van der Waals surface area contributed by atoms with Gasteiger partial charge in [0, 0.05) is 6.42 Å². The molecule has 2 unspecified atom stereocenters. The monoisotopic (exact) mass is 248 g/mol. The number of rotatable bonds is 3. The fraction of sp³-hybridized carbons (Fsp3) is 0.900. The largest absolute Gasteiger partial charge is 0.479 e. The summed E-state index contributed by atoms with van der Waals surface area (Å²) in [7, 11) is 0. The second-order valence-corrected chi connectivity index (χ2v) is 4.79. The third-order valence-corrected chi connectivity index (χ3v) is 3.21. The van der Waals surface area contributed by atoms with E-state index in [2.05, 4.69) is 0 Å². The van der Waals surface area contributed by atoms with Gasteiger partial charge in [0.05, 0.1) is 30.4 Å². The van der Waals surface area contributed by atoms with Crippen molar-refractivity contribution < 1.29 is 24.9 Å². The Hall–Kier alpha value is -0.730. The lowest BCUT2D eigenvalue weighted by Crippen LogP contribution is -2.66. The zero-order valence-electron chi connectivity index (χ0n) is 9.91. The number of aliphatic hydroxyl groups excluding tert-OH is 2. The Morgan fingerprint density at radius 1 is 1.59 bits per heavy atom. The summed E-state index contributed by atoms with van der Waals surface area (Å²) in [5.41, 5.74) is 9.89. The Labute approximate surface area is 99.4 Å². The van der Waals surface area contributed by atoms with Crippen LogP contribution in [0.2, 0.25) is 0 Å². The van der Waals surface area contributed by atoms with Crippen LogP contribution in [-0.4, -0.2) is 57.3 Å². The molecule has 0 aromatic heterocycles. The fourth-order valence-corrected chi connectivity index (χ4v) is 1.93. The Morgan fingerprint density at radius 2 is 2.12 bits per heavy atom. The van der Waals surface area contributed by atoms with Crippen molar-refractivity contribution in [1.82, 2.24) is 0 Å². The van der Waals surface area contributed by atoms with E-state index in [-0.39, 0.29) is 6.42 Å². The molecule has 0 amide bonds. The zero-order chi connectivity index (χ0) is 13.4. The van der Waals surface area contributed by atoms with Crippen LogP contribution in [-0.2, 0) is 9.53 Å². The maximum absolute atomic E-state index is 11.1. The number of carbonyl (C=O) groups is 1. The Kier molecular flexibility index (Phi) is 4.11. The Bertz CT molecular complexity index is 294. The van der Waals surface area contributed by atoms with Gasteiger partial charge in [-0.05, 0) is 13.8 Å². The SMILES string of the molecule is C[C@H](O)[C@@H](N)C1O[C@](C)(C(=O)O)C[C@H](O)C1N. The predicted molar refractivity (Wildman–Crippen MR) is 59.2 cm³/mol. The molecule has 7 nitrogen and oxygen atoms in total. The molecule has 1 aliphatic heterocycles. The first kappa shape index (κ1) is 14.3. The molecule has 0 bridgehead atoms. The van der Waals surface area contributed by atoms with E-state index in [1.54, 1.807) is 0 Å². The van der Waals surface area contributed by atoms with Crippen molar-refractivity contribution in [3.8, 4) is 0 Å². The summed E-state index contributed by atoms with van der Waals surface area (Å²) < 4.78 is 5.37. The molecule has 0 saturated carbocycles. The molecule has 1 saturated heterocycles. The summed E-state index contributed by atoms with van der Waals surface area (Å²) in [6.45, 7) is 2.81. The minimum absolute atomic E-state index is 0.105. The van der Waals surface area contributed by atoms with Gasteiger partial charge in [0.25, 0.3) is 0 Å². The number of nitrogens with two attached hydrogens (primary N) is 2. The Balaban J connectivity index is 2.93. The summed E-state index contributed by atoms with van der Waals surface area (Å²) in [5, 5.41) is 28.2. The molecule has 1 rings (SSSR count). The van der Waals surface area contributed by atoms with Gasteiger partial charge < -0.3 is 31.5 Å². The lowest BCUT2D eigenvalue weighted by atomic mass is 9.84. The molecule has 0 aromatic rings. The van der Waals surface area contributed by atoms with Crippen LogP contribution in [0, 0.1) is 0 Å². The van der Waals surface area contributed by atoms with Crippen LogP contribution in [0.5, 0.6) is 0 Å². The van der Waals surface area contributed by atoms with E-state index < -0.39 is 42.0 Å². The first-order valence-electron chi connectivity index (χ1n) is 5.47. The minimum atomic E-state index is -1.54. The smallest absolute Gasteiger partial charge is 0.335 e. The lowest BCUT2D eigenvalue weighted by molar-refractivity contribution is -0.202. The highest BCUT2D eigenvalue weighted by atomic mass is 16.5. The van der Waals surface area contributed by atoms with Crippen molar-refractivity contribution in [1.29, 1.82) is 0 Å². The van der Waals surface area contributed by atoms with Crippen LogP contribution < -0.4 is 11.5 Å². The third kappa shape index (κ3) is 2.75. The summed E-state index contributed by atoms with van der Waals surface area (Å²) in [5.74, 6) is -1.19. The van der Waals surface area contributed by atoms with Crippen LogP contribution in [0.4, 0.5) is 0 Å². The van der Waals surface area contributed by atoms with E-state index in [0.29, 0.717) is 0 Å². The molecule has 100 valence electrons. The molecule has 0 aliphatic carbocycles. The standard InChI is InChI=1S/C10H20N2O5/c1-4(13)6(11)8-7(12)5(14)3-10(2,17-8)9(15)16/h4-8,13-14H,3,11-12H2,1-2H3,(H,15,16)/t4-,5-,6+,7?,8?,10-/m0/s1. The molecule has 6 atom stereocenters. The molecular weight excluding hydrogens is 228 g/mol. The molecule has 0 radical (unpaired) electrons. The molecule has 0 aromatic carbocycles. The molecule has 7 heteroatoms. The molecule has 1 aliphatic rings. The van der Waals surface area contributed by atoms with E-state index in [1.807, 2.05) is 0 Å². The van der Waals surface area contributed by atoms with E-state index in [0.717, 1.165) is 0 Å². The molecule has 1 heterocycles. The maximum Gasteiger partial charge on any atom is 0.335 e. The first-order valence-corrected chi connectivity index (χ1v) is 5.47. The molecule has 7 N–H and O–H groups in total. The van der Waals surface area contributed by atoms with Crippen LogP contribution in [0.1, 0.15) is 20.3 Å². The van der Waals surface area contributed by atoms with Gasteiger partial charge >= 0.3 is 5.97 Å². The van der Waals surface area contributed by atoms with Crippen molar-refractivity contribution in [2.24, 2.45) is 11.5 Å². The highest BCUT2D eigenvalue weighted by Crippen LogP contribution is 2.30. The normalized spacial score (nSPS) is 41.9. The van der Waals surface area contributed by atoms with Gasteiger partial charge in [0.2, 0.25) is 0 Å². The van der Waals surface area contributed by atoms with Gasteiger partial charge in [0.15, 0.2) is 5.60 Å². The number of aliphatic carboxylic acids is 1. The maximum atomic E-state index is 11.1. The fourth-order valence-electron chi connectivity index (χ4n) is 1.93. The second kappa shape index (κ2) is 4.87. The lowest BCUT2D eigenvalue weighted by Gasteiger charge is -2.44. The predicted octanol–water partition coefficient (Wildman–Crippen LogP) is -1.99. The number of carboxylic acid groups (broad SMARTS) is 1. The number of carboxylic acids is 1. The van der Waals surface area contributed by atoms with E-state index in [9.17, 15) is 15.0 Å². The number of hydrogen-bond acceptors (Lipinski definition) is 6. The van der Waals surface area contributed by atoms with Crippen molar-refractivity contribution in [2.45, 2.75) is 56.3 Å². The summed E-state index contributed by atoms with van der Waals surface area (Å²) >= 11 is 0. The quantitative estimate of drug-likeness (QED) is 0.390. The molecular formula is C10H20N2O5. The highest BCUT2D eigenvalue weighted by molar-refractivity contribution is 5.77. The summed E-state index contributed by atoms with van der Waals surface area (Å²) in [6, 6.07) is -1.66. The summed E-state index contributed by atoms with van der Waals surface area (Å²) in [4.78, 5) is 11.1. The van der Waals surface area contributed by atoms with Crippen LogP contribution >= 0.6 is 0 Å². The topological polar surface area (TPSA) is 139 Å². The van der Waals surface area contributed by atoms with Gasteiger partial charge in [-0.25, -0.2) is 4.79 Å². The van der Waals surface area contributed by atoms with Crippen molar-refractivity contribution in [3.05, 3.63) is 0 Å². The molecule has 17 heavy (non-hydrogen) atoms. The van der Waals surface area contributed by atoms with E-state index in [4.69, 9.17) is 21.3 Å². The van der Waals surface area contributed by atoms with Gasteiger partial charge in [0.1, 0.15) is 0 Å². The van der Waals surface area contributed by atoms with Crippen LogP contribution in [0.15, 0.2) is 0 Å². The molecule has 1 fully saturated rings. The Morgan fingerprint density at radius 3 is 2.53 bits per heavy atom. The summed E-state index contributed by atoms with van der Waals surface area (Å²) in [6.07, 6.45) is -2.94. The minimum Gasteiger partial charge on any atom is -0.479 e. The van der Waals surface area contributed by atoms with Gasteiger partial charge in [-0.3, -0.25) is 0 Å². The van der Waals surface area contributed by atoms with Crippen LogP contribution in [0.3, 0.4) is 0 Å². The number of aliphatic hydroxyl groups is 2. The zero-order valence-corrected chi connectivity index (χ0v) is 9.91. The van der Waals surface area contributed by atoms with E-state index >= 15 is 0 Å². The van der Waals surface area contributed by atoms with Gasteiger partial charge in [-0.2, -0.15) is 0 Å². The van der Waals surface area contributed by atoms with Crippen LogP contribution in [0.25, 0.3) is 0 Å². The first-order chi connectivity index (χ1) is 7.69. The molecule has 0 spiro atoms. The van der Waals surface area contributed by atoms with Crippen molar-refractivity contribution >= 4 is 5.97 Å². The average molecular weight is 248 g/mol. The van der Waals surface area contributed by atoms with E-state index in [1.165, 1.54) is 13.8 Å². The second-order valence-electron chi connectivity index (χ2n) is 4.79. The van der Waals surface area contributed by atoms with Gasteiger partial charge in [-0.1, -0.05) is 0 Å². The van der Waals surface area contributed by atoms with Crippen molar-refractivity contribution in [3.63, 3.8) is 0 Å². The number of ether oxygens (including phenoxy) is 1. The average Bonchev–Trinajstić information content (AvgIpc) is 2.22.